The Bertz CT molecular complexity index is 1490. The number of aromatic hydroxyl groups is 1. The van der Waals surface area contributed by atoms with Crippen molar-refractivity contribution in [3.63, 3.8) is 0 Å². The third-order valence-corrected chi connectivity index (χ3v) is 8.18. The molecule has 0 saturated carbocycles. The first-order valence-electron chi connectivity index (χ1n) is 12.4. The smallest absolute Gasteiger partial charge is 0.238 e. The van der Waals surface area contributed by atoms with Crippen molar-refractivity contribution in [1.82, 2.24) is 0 Å². The highest BCUT2D eigenvalue weighted by Crippen LogP contribution is 2.55. The van der Waals surface area contributed by atoms with Gasteiger partial charge in [-0.1, -0.05) is 48.6 Å². The van der Waals surface area contributed by atoms with Crippen LogP contribution in [0, 0.1) is 17.8 Å². The highest BCUT2D eigenvalue weighted by Gasteiger charge is 2.56. The molecule has 6 heteroatoms. The molecule has 4 aliphatic rings. The standard InChI is InChI=1S/C31H25NO5/c1-3-17-4-8-19(9-5-17)32-30(36)22-13-12-21-23(27(22)31(32)37)15-24-25(34)14-16(2)29(35)28(24)26(21)18-6-10-20(33)11-7-18/h3-12,14,22-23,26-27,33H,1,13,15H2,2H3/t22-,23+,26-,27-/m0/s1. The van der Waals surface area contributed by atoms with Gasteiger partial charge in [0.1, 0.15) is 5.75 Å². The number of fused-ring (bicyclic) bond motifs is 3. The number of amides is 2. The second kappa shape index (κ2) is 8.37. The van der Waals surface area contributed by atoms with Gasteiger partial charge in [-0.15, -0.1) is 0 Å². The first-order valence-corrected chi connectivity index (χ1v) is 12.4. The molecule has 37 heavy (non-hydrogen) atoms. The number of nitrogens with zero attached hydrogens (tertiary/aromatic N) is 1. The molecule has 2 amide bonds. The van der Waals surface area contributed by atoms with Gasteiger partial charge in [-0.25, -0.2) is 0 Å². The number of hydrogen-bond acceptors (Lipinski definition) is 5. The van der Waals surface area contributed by atoms with Gasteiger partial charge in [0.25, 0.3) is 0 Å². The van der Waals surface area contributed by atoms with E-state index in [1.54, 1.807) is 49.4 Å². The van der Waals surface area contributed by atoms with Crippen molar-refractivity contribution in [2.75, 3.05) is 4.90 Å². The highest BCUT2D eigenvalue weighted by molar-refractivity contribution is 6.25. The lowest BCUT2D eigenvalue weighted by molar-refractivity contribution is -0.123. The molecule has 1 aliphatic heterocycles. The monoisotopic (exact) mass is 491 g/mol. The number of rotatable bonds is 3. The van der Waals surface area contributed by atoms with Crippen molar-refractivity contribution in [3.05, 3.63) is 101 Å². The minimum atomic E-state index is -0.616. The Labute approximate surface area is 214 Å². The number of phenols is 1. The maximum absolute atomic E-state index is 13.9. The van der Waals surface area contributed by atoms with E-state index in [0.717, 1.165) is 16.7 Å². The summed E-state index contributed by atoms with van der Waals surface area (Å²) in [4.78, 5) is 55.2. The number of ketones is 2. The van der Waals surface area contributed by atoms with E-state index in [-0.39, 0.29) is 41.5 Å². The van der Waals surface area contributed by atoms with Crippen LogP contribution in [0.2, 0.25) is 0 Å². The molecule has 0 unspecified atom stereocenters. The molecular weight excluding hydrogens is 466 g/mol. The summed E-state index contributed by atoms with van der Waals surface area (Å²) in [5.74, 6) is -2.83. The first-order chi connectivity index (χ1) is 17.8. The lowest BCUT2D eigenvalue weighted by atomic mass is 9.59. The van der Waals surface area contributed by atoms with Gasteiger partial charge < -0.3 is 5.11 Å². The molecule has 3 aliphatic carbocycles. The minimum Gasteiger partial charge on any atom is -0.508 e. The van der Waals surface area contributed by atoms with Gasteiger partial charge in [0, 0.05) is 22.6 Å². The molecule has 2 aromatic rings. The molecule has 4 atom stereocenters. The summed E-state index contributed by atoms with van der Waals surface area (Å²) >= 11 is 0. The molecule has 2 aromatic carbocycles. The Morgan fingerprint density at radius 2 is 1.65 bits per heavy atom. The van der Waals surface area contributed by atoms with Crippen molar-refractivity contribution in [3.8, 4) is 5.75 Å². The van der Waals surface area contributed by atoms with Crippen LogP contribution in [-0.4, -0.2) is 28.5 Å². The highest BCUT2D eigenvalue weighted by atomic mass is 16.3. The summed E-state index contributed by atoms with van der Waals surface area (Å²) in [6, 6.07) is 13.7. The van der Waals surface area contributed by atoms with Gasteiger partial charge in [0.05, 0.1) is 17.5 Å². The van der Waals surface area contributed by atoms with Crippen LogP contribution in [0.5, 0.6) is 5.75 Å². The number of imide groups is 1. The minimum absolute atomic E-state index is 0.0970. The van der Waals surface area contributed by atoms with Crippen LogP contribution < -0.4 is 4.90 Å². The Balaban J connectivity index is 1.46. The fraction of sp³-hybridized carbons (Fsp3) is 0.226. The van der Waals surface area contributed by atoms with E-state index in [1.165, 1.54) is 11.0 Å². The van der Waals surface area contributed by atoms with E-state index in [9.17, 15) is 24.3 Å². The zero-order valence-corrected chi connectivity index (χ0v) is 20.3. The van der Waals surface area contributed by atoms with E-state index >= 15 is 0 Å². The van der Waals surface area contributed by atoms with Crippen LogP contribution >= 0.6 is 0 Å². The van der Waals surface area contributed by atoms with Crippen molar-refractivity contribution in [2.45, 2.75) is 25.7 Å². The molecule has 1 fully saturated rings. The van der Waals surface area contributed by atoms with Crippen LogP contribution in [0.3, 0.4) is 0 Å². The molecule has 6 nitrogen and oxygen atoms in total. The van der Waals surface area contributed by atoms with Crippen LogP contribution in [0.1, 0.15) is 36.8 Å². The Morgan fingerprint density at radius 3 is 2.32 bits per heavy atom. The Kier molecular flexibility index (Phi) is 5.23. The van der Waals surface area contributed by atoms with E-state index in [4.69, 9.17) is 0 Å². The number of anilines is 1. The quantitative estimate of drug-likeness (QED) is 0.383. The molecule has 1 heterocycles. The number of carbonyl (C=O) groups excluding carboxylic acids is 4. The lowest BCUT2D eigenvalue weighted by Gasteiger charge is -2.42. The summed E-state index contributed by atoms with van der Waals surface area (Å²) in [7, 11) is 0. The fourth-order valence-corrected chi connectivity index (χ4v) is 6.42. The number of phenolic OH excluding ortho intramolecular Hbond substituents is 1. The number of carbonyl (C=O) groups is 4. The average molecular weight is 492 g/mol. The van der Waals surface area contributed by atoms with Gasteiger partial charge in [-0.05, 0) is 67.2 Å². The molecular formula is C31H25NO5. The van der Waals surface area contributed by atoms with E-state index in [1.807, 2.05) is 18.2 Å². The van der Waals surface area contributed by atoms with Crippen LogP contribution in [0.25, 0.3) is 6.08 Å². The number of allylic oxidation sites excluding steroid dienone is 6. The topological polar surface area (TPSA) is 91.8 Å². The molecule has 0 spiro atoms. The first kappa shape index (κ1) is 23.1. The van der Waals surface area contributed by atoms with Gasteiger partial charge >= 0.3 is 0 Å². The van der Waals surface area contributed by atoms with Crippen molar-refractivity contribution < 1.29 is 24.3 Å². The van der Waals surface area contributed by atoms with Gasteiger partial charge in [-0.3, -0.25) is 24.1 Å². The number of Topliss-reactive ketones (excluding diaryl/α,β-unsaturated/α-hetero) is 1. The molecule has 0 bridgehead atoms. The largest absolute Gasteiger partial charge is 0.508 e. The summed E-state index contributed by atoms with van der Waals surface area (Å²) in [6.07, 6.45) is 5.69. The molecule has 184 valence electrons. The van der Waals surface area contributed by atoms with E-state index in [2.05, 4.69) is 6.58 Å². The lowest BCUT2D eigenvalue weighted by Crippen LogP contribution is -2.39. The number of hydrogen-bond donors (Lipinski definition) is 1. The maximum atomic E-state index is 13.9. The Morgan fingerprint density at radius 1 is 0.946 bits per heavy atom. The normalized spacial score (nSPS) is 26.9. The van der Waals surface area contributed by atoms with E-state index < -0.39 is 17.8 Å². The van der Waals surface area contributed by atoms with Crippen molar-refractivity contribution in [1.29, 1.82) is 0 Å². The summed E-state index contributed by atoms with van der Waals surface area (Å²) in [6.45, 7) is 5.39. The molecule has 1 N–H and O–H groups in total. The summed E-state index contributed by atoms with van der Waals surface area (Å²) in [5, 5.41) is 9.86. The van der Waals surface area contributed by atoms with Gasteiger partial charge in [-0.2, -0.15) is 0 Å². The van der Waals surface area contributed by atoms with Crippen molar-refractivity contribution >= 4 is 35.1 Å². The van der Waals surface area contributed by atoms with Crippen LogP contribution in [0.15, 0.2) is 89.6 Å². The predicted molar refractivity (Wildman–Crippen MR) is 138 cm³/mol. The zero-order valence-electron chi connectivity index (χ0n) is 20.3. The Hall–Kier alpha value is -4.32. The second-order valence-corrected chi connectivity index (χ2v) is 10.1. The zero-order chi connectivity index (χ0) is 26.0. The fourth-order valence-electron chi connectivity index (χ4n) is 6.42. The third kappa shape index (κ3) is 3.39. The number of benzene rings is 2. The molecule has 0 radical (unpaired) electrons. The molecule has 6 rings (SSSR count). The van der Waals surface area contributed by atoms with Crippen molar-refractivity contribution in [2.24, 2.45) is 17.8 Å². The van der Waals surface area contributed by atoms with Crippen LogP contribution in [-0.2, 0) is 19.2 Å². The van der Waals surface area contributed by atoms with Gasteiger partial charge in [0.2, 0.25) is 11.8 Å². The second-order valence-electron chi connectivity index (χ2n) is 10.1. The summed E-state index contributed by atoms with van der Waals surface area (Å²) < 4.78 is 0. The van der Waals surface area contributed by atoms with E-state index in [0.29, 0.717) is 28.8 Å². The van der Waals surface area contributed by atoms with Crippen LogP contribution in [0.4, 0.5) is 5.69 Å². The van der Waals surface area contributed by atoms with Gasteiger partial charge in [0.15, 0.2) is 11.6 Å². The third-order valence-electron chi connectivity index (χ3n) is 8.18. The molecule has 1 saturated heterocycles. The summed E-state index contributed by atoms with van der Waals surface area (Å²) in [5.41, 5.74) is 4.33. The molecule has 0 aromatic heterocycles. The maximum Gasteiger partial charge on any atom is 0.238 e. The average Bonchev–Trinajstić information content (AvgIpc) is 3.16. The SMILES string of the molecule is C=Cc1ccc(N2C(=O)[C@H]3[C@H](CC=C4[C@H](c5ccc(O)cc5)C5=C(C[C@H]43)C(=O)C=C(C)C5=O)C2=O)cc1. The predicted octanol–water partition coefficient (Wildman–Crippen LogP) is 4.67.